The molecule has 0 aromatic heterocycles. The normalized spacial score (nSPS) is 53.5. The molecular weight excluding hydrogens is 150 g/mol. The summed E-state index contributed by atoms with van der Waals surface area (Å²) in [5, 5.41) is 0. The zero-order chi connectivity index (χ0) is 8.40. The van der Waals surface area contributed by atoms with Crippen molar-refractivity contribution >= 4 is 0 Å². The van der Waals surface area contributed by atoms with Gasteiger partial charge >= 0.3 is 0 Å². The second-order valence-corrected chi connectivity index (χ2v) is 4.90. The number of hydrogen-bond acceptors (Lipinski definition) is 2. The molecule has 0 heterocycles. The summed E-state index contributed by atoms with van der Waals surface area (Å²) < 4.78 is 5.51. The van der Waals surface area contributed by atoms with Crippen LogP contribution < -0.4 is 5.73 Å². The number of hydrogen-bond donors (Lipinski definition) is 1. The molecule has 3 unspecified atom stereocenters. The van der Waals surface area contributed by atoms with E-state index in [1.165, 1.54) is 32.1 Å². The van der Waals surface area contributed by atoms with Crippen molar-refractivity contribution in [3.63, 3.8) is 0 Å². The number of fused-ring (bicyclic) bond motifs is 1. The van der Waals surface area contributed by atoms with Crippen LogP contribution in [0.5, 0.6) is 0 Å². The van der Waals surface area contributed by atoms with Crippen LogP contribution in [0.25, 0.3) is 0 Å². The molecule has 0 bridgehead atoms. The van der Waals surface area contributed by atoms with E-state index < -0.39 is 0 Å². The Balaban J connectivity index is 1.85. The van der Waals surface area contributed by atoms with E-state index in [4.69, 9.17) is 10.5 Å². The number of ether oxygens (including phenoxy) is 1. The highest BCUT2D eigenvalue weighted by Crippen LogP contribution is 2.77. The standard InChI is InChI=1S/C10H17NO/c1-12-8-6-10(5-7(10)11)9(8)3-2-4-9/h7-8H,2-6,11H2,1H3. The Kier molecular flexibility index (Phi) is 1.15. The van der Waals surface area contributed by atoms with E-state index in [-0.39, 0.29) is 0 Å². The molecule has 3 saturated carbocycles. The third-order valence-corrected chi connectivity index (χ3v) is 4.82. The van der Waals surface area contributed by atoms with Crippen molar-refractivity contribution in [2.24, 2.45) is 16.6 Å². The van der Waals surface area contributed by atoms with Crippen molar-refractivity contribution in [1.82, 2.24) is 0 Å². The third kappa shape index (κ3) is 0.521. The van der Waals surface area contributed by atoms with Crippen LogP contribution in [0.1, 0.15) is 32.1 Å². The van der Waals surface area contributed by atoms with E-state index in [0.717, 1.165) is 0 Å². The molecule has 2 N–H and O–H groups in total. The lowest BCUT2D eigenvalue weighted by atomic mass is 9.45. The predicted octanol–water partition coefficient (Wildman–Crippen LogP) is 1.29. The van der Waals surface area contributed by atoms with Crippen molar-refractivity contribution < 1.29 is 4.74 Å². The SMILES string of the molecule is COC1CC2(CC2N)C12CCC2. The molecule has 3 fully saturated rings. The number of rotatable bonds is 1. The highest BCUT2D eigenvalue weighted by Gasteiger charge is 2.76. The quantitative estimate of drug-likeness (QED) is 0.638. The van der Waals surface area contributed by atoms with Gasteiger partial charge in [-0.3, -0.25) is 0 Å². The molecule has 3 aliphatic carbocycles. The van der Waals surface area contributed by atoms with Crippen LogP contribution in [0.3, 0.4) is 0 Å². The molecule has 2 spiro atoms. The van der Waals surface area contributed by atoms with Gasteiger partial charge < -0.3 is 10.5 Å². The lowest BCUT2D eigenvalue weighted by Gasteiger charge is -2.62. The summed E-state index contributed by atoms with van der Waals surface area (Å²) in [6.07, 6.45) is 7.20. The Hall–Kier alpha value is -0.0800. The lowest BCUT2D eigenvalue weighted by Crippen LogP contribution is -2.61. The zero-order valence-electron chi connectivity index (χ0n) is 7.68. The molecule has 0 aromatic rings. The first-order valence-corrected chi connectivity index (χ1v) is 5.04. The van der Waals surface area contributed by atoms with Crippen LogP contribution in [0.4, 0.5) is 0 Å². The molecule has 0 saturated heterocycles. The fourth-order valence-corrected chi connectivity index (χ4v) is 3.75. The minimum atomic E-state index is 0.504. The molecular formula is C10H17NO. The minimum absolute atomic E-state index is 0.504. The summed E-state index contributed by atoms with van der Waals surface area (Å²) >= 11 is 0. The Morgan fingerprint density at radius 3 is 2.25 bits per heavy atom. The molecule has 3 aliphatic rings. The largest absolute Gasteiger partial charge is 0.381 e. The Morgan fingerprint density at radius 2 is 1.92 bits per heavy atom. The Bertz CT molecular complexity index is 224. The van der Waals surface area contributed by atoms with Crippen molar-refractivity contribution in [1.29, 1.82) is 0 Å². The molecule has 0 aliphatic heterocycles. The highest BCUT2D eigenvalue weighted by molar-refractivity contribution is 5.28. The first kappa shape index (κ1) is 7.34. The summed E-state index contributed by atoms with van der Waals surface area (Å²) in [6, 6.07) is 0.504. The van der Waals surface area contributed by atoms with Crippen molar-refractivity contribution in [3.05, 3.63) is 0 Å². The van der Waals surface area contributed by atoms with E-state index in [1.54, 1.807) is 0 Å². The van der Waals surface area contributed by atoms with Gasteiger partial charge in [0.05, 0.1) is 6.10 Å². The molecule has 2 nitrogen and oxygen atoms in total. The molecule has 12 heavy (non-hydrogen) atoms. The van der Waals surface area contributed by atoms with E-state index in [2.05, 4.69) is 0 Å². The fraction of sp³-hybridized carbons (Fsp3) is 1.00. The van der Waals surface area contributed by atoms with Crippen LogP contribution in [0.2, 0.25) is 0 Å². The van der Waals surface area contributed by atoms with Gasteiger partial charge in [0, 0.05) is 18.6 Å². The maximum Gasteiger partial charge on any atom is 0.0639 e. The van der Waals surface area contributed by atoms with Crippen LogP contribution in [0.15, 0.2) is 0 Å². The number of methoxy groups -OCH3 is 1. The first-order valence-electron chi connectivity index (χ1n) is 5.04. The molecule has 3 rings (SSSR count). The van der Waals surface area contributed by atoms with Crippen LogP contribution in [-0.4, -0.2) is 19.3 Å². The van der Waals surface area contributed by atoms with Crippen LogP contribution >= 0.6 is 0 Å². The Labute approximate surface area is 73.5 Å². The number of nitrogens with two attached hydrogens (primary N) is 1. The first-order chi connectivity index (χ1) is 5.75. The fourth-order valence-electron chi connectivity index (χ4n) is 3.75. The second-order valence-electron chi connectivity index (χ2n) is 4.90. The smallest absolute Gasteiger partial charge is 0.0639 e. The van der Waals surface area contributed by atoms with Gasteiger partial charge in [-0.15, -0.1) is 0 Å². The van der Waals surface area contributed by atoms with Gasteiger partial charge in [0.1, 0.15) is 0 Å². The van der Waals surface area contributed by atoms with Gasteiger partial charge in [0.15, 0.2) is 0 Å². The average Bonchev–Trinajstić information content (AvgIpc) is 2.56. The van der Waals surface area contributed by atoms with Gasteiger partial charge in [-0.2, -0.15) is 0 Å². The van der Waals surface area contributed by atoms with E-state index >= 15 is 0 Å². The monoisotopic (exact) mass is 167 g/mol. The van der Waals surface area contributed by atoms with Gasteiger partial charge in [-0.25, -0.2) is 0 Å². The topological polar surface area (TPSA) is 35.2 Å². The van der Waals surface area contributed by atoms with Crippen molar-refractivity contribution in [2.45, 2.75) is 44.2 Å². The molecule has 0 amide bonds. The maximum atomic E-state index is 6.01. The highest BCUT2D eigenvalue weighted by atomic mass is 16.5. The molecule has 2 heteroatoms. The van der Waals surface area contributed by atoms with E-state index in [0.29, 0.717) is 23.0 Å². The van der Waals surface area contributed by atoms with Crippen LogP contribution in [0, 0.1) is 10.8 Å². The van der Waals surface area contributed by atoms with E-state index in [9.17, 15) is 0 Å². The summed E-state index contributed by atoms with van der Waals surface area (Å²) in [4.78, 5) is 0. The predicted molar refractivity (Wildman–Crippen MR) is 46.7 cm³/mol. The maximum absolute atomic E-state index is 6.01. The molecule has 0 aromatic carbocycles. The van der Waals surface area contributed by atoms with Gasteiger partial charge in [-0.1, -0.05) is 6.42 Å². The molecule has 0 radical (unpaired) electrons. The van der Waals surface area contributed by atoms with Gasteiger partial charge in [-0.05, 0) is 31.1 Å². The van der Waals surface area contributed by atoms with Crippen molar-refractivity contribution in [2.75, 3.05) is 7.11 Å². The van der Waals surface area contributed by atoms with Crippen LogP contribution in [-0.2, 0) is 4.74 Å². The summed E-state index contributed by atoms with van der Waals surface area (Å²) in [5.41, 5.74) is 7.10. The summed E-state index contributed by atoms with van der Waals surface area (Å²) in [6.45, 7) is 0. The van der Waals surface area contributed by atoms with Gasteiger partial charge in [0.25, 0.3) is 0 Å². The second kappa shape index (κ2) is 1.88. The average molecular weight is 167 g/mol. The van der Waals surface area contributed by atoms with Crippen molar-refractivity contribution in [3.8, 4) is 0 Å². The molecule has 3 atom stereocenters. The summed E-state index contributed by atoms with van der Waals surface area (Å²) in [5.74, 6) is 0. The zero-order valence-corrected chi connectivity index (χ0v) is 7.68. The summed E-state index contributed by atoms with van der Waals surface area (Å²) in [7, 11) is 1.85. The molecule has 68 valence electrons. The minimum Gasteiger partial charge on any atom is -0.381 e. The lowest BCUT2D eigenvalue weighted by molar-refractivity contribution is -0.201. The van der Waals surface area contributed by atoms with Gasteiger partial charge in [0.2, 0.25) is 0 Å². The Morgan fingerprint density at radius 1 is 1.25 bits per heavy atom. The third-order valence-electron chi connectivity index (χ3n) is 4.82. The van der Waals surface area contributed by atoms with E-state index in [1.807, 2.05) is 7.11 Å².